The molecule has 2 atom stereocenters. The second kappa shape index (κ2) is 34.2. The number of carbonyl (C=O) groups is 2. The van der Waals surface area contributed by atoms with Gasteiger partial charge in [-0.3, -0.25) is 9.59 Å². The molecule has 0 radical (unpaired) electrons. The second-order valence-electron chi connectivity index (χ2n) is 15.1. The van der Waals surface area contributed by atoms with Crippen molar-refractivity contribution in [2.45, 2.75) is 232 Å². The molecule has 1 aromatic carbocycles. The molecule has 2 unspecified atom stereocenters. The molecular weight excluding hydrogens is 620 g/mol. The summed E-state index contributed by atoms with van der Waals surface area (Å²) >= 11 is 0. The van der Waals surface area contributed by atoms with E-state index in [1.165, 1.54) is 89.9 Å². The molecule has 290 valence electrons. The van der Waals surface area contributed by atoms with E-state index in [-0.39, 0.29) is 24.0 Å². The van der Waals surface area contributed by atoms with Crippen molar-refractivity contribution in [3.05, 3.63) is 35.4 Å². The maximum atomic E-state index is 12.4. The summed E-state index contributed by atoms with van der Waals surface area (Å²) in [5.74, 6) is 0.160. The topological polar surface area (TPSA) is 98.7 Å². The molecule has 0 aliphatic carbocycles. The maximum Gasteiger partial charge on any atom is 0.220 e. The average Bonchev–Trinajstić information content (AvgIpc) is 3.11. The lowest BCUT2D eigenvalue weighted by molar-refractivity contribution is -0.122. The summed E-state index contributed by atoms with van der Waals surface area (Å²) in [6, 6.07) is 8.06. The quantitative estimate of drug-likeness (QED) is 0.0524. The highest BCUT2D eigenvalue weighted by Gasteiger charge is 2.08. The first-order valence-electron chi connectivity index (χ1n) is 21.4. The Bertz CT molecular complexity index is 854. The Hall–Kier alpha value is -1.92. The Labute approximate surface area is 308 Å². The van der Waals surface area contributed by atoms with E-state index in [0.29, 0.717) is 25.9 Å². The minimum absolute atomic E-state index is 0.0800. The highest BCUT2D eigenvalue weighted by Crippen LogP contribution is 2.16. The lowest BCUT2D eigenvalue weighted by Crippen LogP contribution is -2.23. The Balaban J connectivity index is 2.01. The van der Waals surface area contributed by atoms with Crippen molar-refractivity contribution < 1.29 is 19.8 Å². The van der Waals surface area contributed by atoms with Gasteiger partial charge in [-0.1, -0.05) is 179 Å². The second-order valence-corrected chi connectivity index (χ2v) is 15.1. The van der Waals surface area contributed by atoms with Crippen molar-refractivity contribution in [2.24, 2.45) is 0 Å². The first kappa shape index (κ1) is 46.1. The summed E-state index contributed by atoms with van der Waals surface area (Å²) < 4.78 is 0. The van der Waals surface area contributed by atoms with Crippen LogP contribution in [0.15, 0.2) is 24.3 Å². The van der Waals surface area contributed by atoms with E-state index in [2.05, 4.69) is 30.5 Å². The van der Waals surface area contributed by atoms with Crippen LogP contribution in [0.4, 0.5) is 0 Å². The molecule has 50 heavy (non-hydrogen) atoms. The van der Waals surface area contributed by atoms with Crippen LogP contribution in [0.2, 0.25) is 0 Å². The number of benzene rings is 1. The van der Waals surface area contributed by atoms with Crippen LogP contribution in [0.3, 0.4) is 0 Å². The van der Waals surface area contributed by atoms with Crippen molar-refractivity contribution >= 4 is 11.8 Å². The summed E-state index contributed by atoms with van der Waals surface area (Å²) in [5, 5.41) is 26.6. The van der Waals surface area contributed by atoms with Gasteiger partial charge in [0.05, 0.1) is 12.2 Å². The lowest BCUT2D eigenvalue weighted by atomic mass is 10.0. The fourth-order valence-electron chi connectivity index (χ4n) is 6.78. The summed E-state index contributed by atoms with van der Waals surface area (Å²) in [6.45, 7) is 5.51. The van der Waals surface area contributed by atoms with Crippen LogP contribution in [0.25, 0.3) is 0 Å². The van der Waals surface area contributed by atoms with Gasteiger partial charge < -0.3 is 20.8 Å². The molecule has 6 nitrogen and oxygen atoms in total. The van der Waals surface area contributed by atoms with Crippen molar-refractivity contribution in [3.8, 4) is 0 Å². The molecule has 0 aromatic heterocycles. The molecule has 0 spiro atoms. The summed E-state index contributed by atoms with van der Waals surface area (Å²) in [6.07, 6.45) is 33.2. The number of unbranched alkanes of at least 4 members (excludes halogenated alkanes) is 20. The van der Waals surface area contributed by atoms with Crippen molar-refractivity contribution in [1.82, 2.24) is 10.6 Å². The SMILES string of the molecule is CCCCCCCCCCC(O)CCCCCCC(=O)NCc1cccc(CNC(=O)CCCCCCC(O)CCCCCCCCCC)c1. The van der Waals surface area contributed by atoms with Gasteiger partial charge in [0.1, 0.15) is 0 Å². The number of hydrogen-bond acceptors (Lipinski definition) is 4. The number of rotatable bonds is 36. The van der Waals surface area contributed by atoms with Gasteiger partial charge in [0.2, 0.25) is 11.8 Å². The predicted octanol–water partition coefficient (Wildman–Crippen LogP) is 11.4. The lowest BCUT2D eigenvalue weighted by Gasteiger charge is -2.11. The third-order valence-electron chi connectivity index (χ3n) is 10.1. The molecule has 4 N–H and O–H groups in total. The minimum Gasteiger partial charge on any atom is -0.393 e. The predicted molar refractivity (Wildman–Crippen MR) is 212 cm³/mol. The van der Waals surface area contributed by atoms with Crippen LogP contribution < -0.4 is 10.6 Å². The van der Waals surface area contributed by atoms with Crippen molar-refractivity contribution in [1.29, 1.82) is 0 Å². The van der Waals surface area contributed by atoms with E-state index in [4.69, 9.17) is 0 Å². The third kappa shape index (κ3) is 29.8. The zero-order valence-electron chi connectivity index (χ0n) is 32.8. The van der Waals surface area contributed by atoms with E-state index in [1.807, 2.05) is 18.2 Å². The molecule has 1 rings (SSSR count). The normalized spacial score (nSPS) is 12.6. The van der Waals surface area contributed by atoms with Gasteiger partial charge in [0.15, 0.2) is 0 Å². The van der Waals surface area contributed by atoms with Crippen molar-refractivity contribution in [3.63, 3.8) is 0 Å². The molecule has 0 saturated carbocycles. The van der Waals surface area contributed by atoms with E-state index in [0.717, 1.165) is 101 Å². The highest BCUT2D eigenvalue weighted by atomic mass is 16.3. The smallest absolute Gasteiger partial charge is 0.220 e. The number of hydrogen-bond donors (Lipinski definition) is 4. The number of nitrogens with one attached hydrogen (secondary N) is 2. The number of aliphatic hydroxyl groups is 2. The van der Waals surface area contributed by atoms with Gasteiger partial charge in [-0.15, -0.1) is 0 Å². The molecule has 0 bridgehead atoms. The largest absolute Gasteiger partial charge is 0.393 e. The zero-order chi connectivity index (χ0) is 36.3. The highest BCUT2D eigenvalue weighted by molar-refractivity contribution is 5.76. The van der Waals surface area contributed by atoms with E-state index < -0.39 is 0 Å². The van der Waals surface area contributed by atoms with Crippen LogP contribution in [0, 0.1) is 0 Å². The maximum absolute atomic E-state index is 12.4. The van der Waals surface area contributed by atoms with Gasteiger partial charge in [-0.05, 0) is 49.7 Å². The third-order valence-corrected chi connectivity index (χ3v) is 10.1. The van der Waals surface area contributed by atoms with Crippen molar-refractivity contribution in [2.75, 3.05) is 0 Å². The Morgan fingerprint density at radius 2 is 0.780 bits per heavy atom. The average molecular weight is 701 g/mol. The van der Waals surface area contributed by atoms with Gasteiger partial charge in [0, 0.05) is 25.9 Å². The summed E-state index contributed by atoms with van der Waals surface area (Å²) in [4.78, 5) is 24.8. The molecule has 6 heteroatoms. The summed E-state index contributed by atoms with van der Waals surface area (Å²) in [7, 11) is 0. The fraction of sp³-hybridized carbons (Fsp3) is 0.818. The standard InChI is InChI=1S/C44H80N2O4/c1-3-5-7-9-11-13-15-21-30-41(47)32-23-17-19-25-34-43(49)45-37-39-28-27-29-40(36-39)38-46-44(50)35-26-20-18-24-33-42(48)31-22-16-14-12-10-8-6-4-2/h27-29,36,41-42,47-48H,3-26,30-35,37-38H2,1-2H3,(H,45,49)(H,46,50). The van der Waals surface area contributed by atoms with Gasteiger partial charge >= 0.3 is 0 Å². The van der Waals surface area contributed by atoms with E-state index in [1.54, 1.807) is 0 Å². The van der Waals surface area contributed by atoms with Gasteiger partial charge in [0.25, 0.3) is 0 Å². The monoisotopic (exact) mass is 701 g/mol. The molecule has 2 amide bonds. The molecule has 0 aliphatic rings. The van der Waals surface area contributed by atoms with E-state index >= 15 is 0 Å². The number of carbonyl (C=O) groups excluding carboxylic acids is 2. The van der Waals surface area contributed by atoms with Gasteiger partial charge in [-0.2, -0.15) is 0 Å². The first-order valence-corrected chi connectivity index (χ1v) is 21.4. The first-order chi connectivity index (χ1) is 24.4. The number of amides is 2. The molecule has 0 saturated heterocycles. The van der Waals surface area contributed by atoms with Crippen LogP contribution in [-0.4, -0.2) is 34.2 Å². The Morgan fingerprint density at radius 3 is 1.12 bits per heavy atom. The zero-order valence-corrected chi connectivity index (χ0v) is 32.8. The molecule has 0 aliphatic heterocycles. The van der Waals surface area contributed by atoms with Crippen LogP contribution in [0.5, 0.6) is 0 Å². The fourth-order valence-corrected chi connectivity index (χ4v) is 6.78. The molecule has 0 fully saturated rings. The van der Waals surface area contributed by atoms with Crippen LogP contribution >= 0.6 is 0 Å². The van der Waals surface area contributed by atoms with E-state index in [9.17, 15) is 19.8 Å². The molecule has 0 heterocycles. The molecule has 1 aromatic rings. The molecular formula is C44H80N2O4. The Morgan fingerprint density at radius 1 is 0.480 bits per heavy atom. The number of aliphatic hydroxyl groups excluding tert-OH is 2. The van der Waals surface area contributed by atoms with Crippen LogP contribution in [0.1, 0.15) is 218 Å². The summed E-state index contributed by atoms with van der Waals surface area (Å²) in [5.41, 5.74) is 2.08. The Kier molecular flexibility index (Phi) is 31.5. The van der Waals surface area contributed by atoms with Gasteiger partial charge in [-0.25, -0.2) is 0 Å². The van der Waals surface area contributed by atoms with Crippen LogP contribution in [-0.2, 0) is 22.7 Å². The minimum atomic E-state index is -0.169.